The van der Waals surface area contributed by atoms with Gasteiger partial charge in [0, 0.05) is 28.8 Å². The predicted octanol–water partition coefficient (Wildman–Crippen LogP) is 4.76. The van der Waals surface area contributed by atoms with E-state index in [1.54, 1.807) is 24.3 Å². The van der Waals surface area contributed by atoms with Gasteiger partial charge in [0.15, 0.2) is 6.61 Å². The van der Waals surface area contributed by atoms with E-state index in [-0.39, 0.29) is 18.1 Å². The number of amides is 1. The summed E-state index contributed by atoms with van der Waals surface area (Å²) in [6.07, 6.45) is 0. The summed E-state index contributed by atoms with van der Waals surface area (Å²) in [7, 11) is 0. The quantitative estimate of drug-likeness (QED) is 0.409. The second kappa shape index (κ2) is 10.7. The molecule has 0 heterocycles. The zero-order valence-electron chi connectivity index (χ0n) is 17.0. The third-order valence-corrected chi connectivity index (χ3v) is 5.06. The van der Waals surface area contributed by atoms with Gasteiger partial charge in [-0.3, -0.25) is 4.79 Å². The first-order valence-electron chi connectivity index (χ1n) is 9.71. The number of carbonyl (C=O) groups excluding carboxylic acids is 1. The molecule has 0 spiro atoms. The van der Waals surface area contributed by atoms with Crippen LogP contribution in [0.1, 0.15) is 27.0 Å². The number of ether oxygens (including phenoxy) is 1. The molecule has 0 aliphatic carbocycles. The Morgan fingerprint density at radius 2 is 1.68 bits per heavy atom. The molecule has 0 aliphatic heterocycles. The van der Waals surface area contributed by atoms with E-state index in [2.05, 4.69) is 26.6 Å². The number of carboxylic acid groups (broad SMARTS) is 1. The van der Waals surface area contributed by atoms with Crippen LogP contribution in [0.4, 0.5) is 5.69 Å². The highest BCUT2D eigenvalue weighted by Gasteiger charge is 2.09. The highest BCUT2D eigenvalue weighted by Crippen LogP contribution is 2.23. The minimum absolute atomic E-state index is 0.0981. The van der Waals surface area contributed by atoms with Crippen molar-refractivity contribution < 1.29 is 19.4 Å². The van der Waals surface area contributed by atoms with Gasteiger partial charge in [0.05, 0.1) is 5.56 Å². The minimum atomic E-state index is -0.943. The van der Waals surface area contributed by atoms with E-state index in [1.165, 1.54) is 0 Å². The number of nitrogens with one attached hydrogen (secondary N) is 2. The average molecular weight is 483 g/mol. The summed E-state index contributed by atoms with van der Waals surface area (Å²) >= 11 is 3.47. The summed E-state index contributed by atoms with van der Waals surface area (Å²) in [4.78, 5) is 23.2. The first-order valence-corrected chi connectivity index (χ1v) is 10.5. The number of anilines is 1. The van der Waals surface area contributed by atoms with Gasteiger partial charge in [0.2, 0.25) is 0 Å². The van der Waals surface area contributed by atoms with Gasteiger partial charge in [0.25, 0.3) is 5.91 Å². The fourth-order valence-corrected chi connectivity index (χ4v) is 3.32. The lowest BCUT2D eigenvalue weighted by molar-refractivity contribution is -0.118. The monoisotopic (exact) mass is 482 g/mol. The van der Waals surface area contributed by atoms with Gasteiger partial charge in [-0.2, -0.15) is 0 Å². The molecule has 0 fully saturated rings. The Morgan fingerprint density at radius 3 is 2.35 bits per heavy atom. The Bertz CT molecular complexity index is 1050. The zero-order valence-corrected chi connectivity index (χ0v) is 18.6. The smallest absolute Gasteiger partial charge is 0.335 e. The Kier molecular flexibility index (Phi) is 7.81. The van der Waals surface area contributed by atoms with Crippen molar-refractivity contribution in [2.75, 3.05) is 11.9 Å². The second-order valence-corrected chi connectivity index (χ2v) is 7.98. The lowest BCUT2D eigenvalue weighted by Crippen LogP contribution is -2.21. The van der Waals surface area contributed by atoms with Crippen molar-refractivity contribution in [1.82, 2.24) is 5.32 Å². The number of aromatic carboxylic acids is 1. The normalized spacial score (nSPS) is 10.5. The third kappa shape index (κ3) is 6.94. The number of rotatable bonds is 9. The summed E-state index contributed by atoms with van der Waals surface area (Å²) in [6.45, 7) is 2.98. The van der Waals surface area contributed by atoms with Gasteiger partial charge >= 0.3 is 5.97 Å². The van der Waals surface area contributed by atoms with Crippen LogP contribution in [-0.4, -0.2) is 23.6 Å². The number of carboxylic acids is 1. The largest absolute Gasteiger partial charge is 0.483 e. The van der Waals surface area contributed by atoms with Crippen molar-refractivity contribution in [2.45, 2.75) is 20.0 Å². The summed E-state index contributed by atoms with van der Waals surface area (Å²) < 4.78 is 6.67. The summed E-state index contributed by atoms with van der Waals surface area (Å²) in [5.74, 6) is -0.554. The maximum absolute atomic E-state index is 12.2. The van der Waals surface area contributed by atoms with Gasteiger partial charge in [-0.15, -0.1) is 0 Å². The maximum Gasteiger partial charge on any atom is 0.335 e. The van der Waals surface area contributed by atoms with Gasteiger partial charge in [-0.1, -0.05) is 45.8 Å². The minimum Gasteiger partial charge on any atom is -0.483 e. The van der Waals surface area contributed by atoms with Crippen LogP contribution in [-0.2, 0) is 17.9 Å². The first-order chi connectivity index (χ1) is 14.9. The summed E-state index contributed by atoms with van der Waals surface area (Å²) in [5, 5.41) is 15.1. The molecule has 0 saturated carbocycles. The molecule has 160 valence electrons. The van der Waals surface area contributed by atoms with E-state index in [9.17, 15) is 9.59 Å². The van der Waals surface area contributed by atoms with Crippen molar-refractivity contribution in [3.8, 4) is 5.75 Å². The van der Waals surface area contributed by atoms with Crippen molar-refractivity contribution in [3.05, 3.63) is 93.5 Å². The fourth-order valence-electron chi connectivity index (χ4n) is 2.91. The van der Waals surface area contributed by atoms with Crippen LogP contribution < -0.4 is 15.4 Å². The molecule has 0 atom stereocenters. The Labute approximate surface area is 189 Å². The van der Waals surface area contributed by atoms with Gasteiger partial charge in [0.1, 0.15) is 5.75 Å². The Balaban J connectivity index is 1.55. The molecule has 31 heavy (non-hydrogen) atoms. The number of benzene rings is 3. The Hall–Kier alpha value is -3.16. The molecule has 0 aromatic heterocycles. The van der Waals surface area contributed by atoms with E-state index in [4.69, 9.17) is 9.84 Å². The Morgan fingerprint density at radius 1 is 0.968 bits per heavy atom. The number of hydrogen-bond acceptors (Lipinski definition) is 4. The second-order valence-electron chi connectivity index (χ2n) is 7.06. The molecule has 0 radical (unpaired) electrons. The molecule has 0 bridgehead atoms. The van der Waals surface area contributed by atoms with Crippen molar-refractivity contribution >= 4 is 33.5 Å². The highest BCUT2D eigenvalue weighted by molar-refractivity contribution is 9.10. The molecular formula is C24H23BrN2O4. The molecule has 0 unspecified atom stereocenters. The molecule has 0 saturated heterocycles. The van der Waals surface area contributed by atoms with E-state index in [0.717, 1.165) is 26.9 Å². The SMILES string of the molecule is Cc1ccc(NC(=O)COc2ccc(Br)cc2CNCc2ccc(C(=O)O)cc2)cc1. The van der Waals surface area contributed by atoms with Crippen LogP contribution in [0.2, 0.25) is 0 Å². The third-order valence-electron chi connectivity index (χ3n) is 4.56. The van der Waals surface area contributed by atoms with Crippen LogP contribution in [0, 0.1) is 6.92 Å². The van der Waals surface area contributed by atoms with Crippen LogP contribution in [0.5, 0.6) is 5.75 Å². The number of hydrogen-bond donors (Lipinski definition) is 3. The average Bonchev–Trinajstić information content (AvgIpc) is 2.75. The molecule has 3 aromatic carbocycles. The van der Waals surface area contributed by atoms with Crippen molar-refractivity contribution in [3.63, 3.8) is 0 Å². The number of carbonyl (C=O) groups is 2. The van der Waals surface area contributed by atoms with Crippen LogP contribution in [0.3, 0.4) is 0 Å². The molecule has 3 rings (SSSR count). The molecule has 3 aromatic rings. The van der Waals surface area contributed by atoms with Gasteiger partial charge in [-0.05, 0) is 55.0 Å². The maximum atomic E-state index is 12.2. The standard InChI is InChI=1S/C24H23BrN2O4/c1-16-2-9-21(10-3-16)27-23(28)15-31-22-11-8-20(25)12-19(22)14-26-13-17-4-6-18(7-5-17)24(29)30/h2-12,26H,13-15H2,1H3,(H,27,28)(H,29,30). The fraction of sp³-hybridized carbons (Fsp3) is 0.167. The van der Waals surface area contributed by atoms with Crippen molar-refractivity contribution in [2.24, 2.45) is 0 Å². The zero-order chi connectivity index (χ0) is 22.2. The van der Waals surface area contributed by atoms with Crippen LogP contribution >= 0.6 is 15.9 Å². The first kappa shape index (κ1) is 22.5. The summed E-state index contributed by atoms with van der Waals surface area (Å²) in [5.41, 5.74) is 3.99. The molecule has 0 aliphatic rings. The predicted molar refractivity (Wildman–Crippen MR) is 123 cm³/mol. The van der Waals surface area contributed by atoms with E-state index in [0.29, 0.717) is 18.8 Å². The number of halogens is 1. The molecule has 3 N–H and O–H groups in total. The molecular weight excluding hydrogens is 460 g/mol. The molecule has 7 heteroatoms. The lowest BCUT2D eigenvalue weighted by Gasteiger charge is -2.13. The van der Waals surface area contributed by atoms with E-state index < -0.39 is 5.97 Å². The van der Waals surface area contributed by atoms with Crippen LogP contribution in [0.25, 0.3) is 0 Å². The van der Waals surface area contributed by atoms with E-state index >= 15 is 0 Å². The lowest BCUT2D eigenvalue weighted by atomic mass is 10.1. The topological polar surface area (TPSA) is 87.7 Å². The van der Waals surface area contributed by atoms with Crippen molar-refractivity contribution in [1.29, 1.82) is 0 Å². The van der Waals surface area contributed by atoms with Crippen LogP contribution in [0.15, 0.2) is 71.2 Å². The number of aryl methyl sites for hydroxylation is 1. The van der Waals surface area contributed by atoms with Gasteiger partial charge in [-0.25, -0.2) is 4.79 Å². The van der Waals surface area contributed by atoms with Gasteiger partial charge < -0.3 is 20.5 Å². The van der Waals surface area contributed by atoms with E-state index in [1.807, 2.05) is 49.4 Å². The highest BCUT2D eigenvalue weighted by atomic mass is 79.9. The molecule has 6 nitrogen and oxygen atoms in total. The molecule has 1 amide bonds. The summed E-state index contributed by atoms with van der Waals surface area (Å²) in [6, 6.07) is 19.9.